The summed E-state index contributed by atoms with van der Waals surface area (Å²) in [5.41, 5.74) is 4.50. The Morgan fingerprint density at radius 1 is 1.20 bits per heavy atom. The molecule has 0 spiro atoms. The number of Topliss-reactive ketones (excluding diaryl/α,β-unsaturated/α-hetero) is 1. The average molecular weight is 335 g/mol. The quantitative estimate of drug-likeness (QED) is 0.818. The summed E-state index contributed by atoms with van der Waals surface area (Å²) >= 11 is 0. The molecular weight excluding hydrogens is 310 g/mol. The SMILES string of the molecule is CC1=NC2=C(C(=O)CC(C)(C)C2)[C@H](c2ccc(N(C)C)cc2)C1C#N. The van der Waals surface area contributed by atoms with Gasteiger partial charge >= 0.3 is 0 Å². The molecule has 1 aliphatic carbocycles. The van der Waals surface area contributed by atoms with Crippen LogP contribution in [-0.4, -0.2) is 25.6 Å². The van der Waals surface area contributed by atoms with Gasteiger partial charge in [-0.05, 0) is 36.5 Å². The molecule has 0 bridgehead atoms. The molecule has 1 heterocycles. The normalized spacial score (nSPS) is 25.1. The van der Waals surface area contributed by atoms with Gasteiger partial charge in [0.05, 0.1) is 12.0 Å². The molecule has 0 aromatic heterocycles. The third-order valence-corrected chi connectivity index (χ3v) is 5.21. The van der Waals surface area contributed by atoms with Crippen LogP contribution in [0.5, 0.6) is 0 Å². The second kappa shape index (κ2) is 6.15. The fourth-order valence-electron chi connectivity index (χ4n) is 3.95. The lowest BCUT2D eigenvalue weighted by Crippen LogP contribution is -2.35. The Morgan fingerprint density at radius 3 is 2.40 bits per heavy atom. The highest BCUT2D eigenvalue weighted by molar-refractivity contribution is 6.03. The Bertz CT molecular complexity index is 807. The molecule has 0 fully saturated rings. The number of rotatable bonds is 2. The van der Waals surface area contributed by atoms with Crippen LogP contribution in [0.4, 0.5) is 5.69 Å². The van der Waals surface area contributed by atoms with Gasteiger partial charge in [-0.3, -0.25) is 9.79 Å². The van der Waals surface area contributed by atoms with Crippen molar-refractivity contribution in [2.45, 2.75) is 39.5 Å². The van der Waals surface area contributed by atoms with Crippen LogP contribution in [0, 0.1) is 22.7 Å². The standard InChI is InChI=1S/C21H25N3O/c1-13-16(12-22)19(14-6-8-15(9-7-14)24(4)5)20-17(23-13)10-21(2,3)11-18(20)25/h6-9,16,19H,10-11H2,1-5H3/t16?,19-/m1/s1. The first-order valence-corrected chi connectivity index (χ1v) is 8.72. The predicted molar refractivity (Wildman–Crippen MR) is 101 cm³/mol. The zero-order valence-corrected chi connectivity index (χ0v) is 15.6. The highest BCUT2D eigenvalue weighted by Crippen LogP contribution is 2.47. The first-order valence-electron chi connectivity index (χ1n) is 8.72. The predicted octanol–water partition coefficient (Wildman–Crippen LogP) is 4.09. The van der Waals surface area contributed by atoms with Gasteiger partial charge in [0.2, 0.25) is 0 Å². The number of benzene rings is 1. The molecule has 3 rings (SSSR count). The lowest BCUT2D eigenvalue weighted by atomic mass is 9.67. The van der Waals surface area contributed by atoms with E-state index in [1.165, 1.54) is 0 Å². The van der Waals surface area contributed by atoms with Crippen molar-refractivity contribution in [2.24, 2.45) is 16.3 Å². The number of ketones is 1. The number of nitrogens with zero attached hydrogens (tertiary/aromatic N) is 3. The Hall–Kier alpha value is -2.41. The van der Waals surface area contributed by atoms with Crippen molar-refractivity contribution in [2.75, 3.05) is 19.0 Å². The van der Waals surface area contributed by atoms with E-state index in [1.54, 1.807) is 0 Å². The van der Waals surface area contributed by atoms with Gasteiger partial charge in [-0.15, -0.1) is 0 Å². The topological polar surface area (TPSA) is 56.5 Å². The molecule has 2 atom stereocenters. The fourth-order valence-corrected chi connectivity index (χ4v) is 3.95. The molecule has 130 valence electrons. The van der Waals surface area contributed by atoms with Gasteiger partial charge in [-0.2, -0.15) is 5.26 Å². The molecule has 0 saturated heterocycles. The van der Waals surface area contributed by atoms with Crippen molar-refractivity contribution < 1.29 is 4.79 Å². The Morgan fingerprint density at radius 2 is 1.84 bits per heavy atom. The van der Waals surface area contributed by atoms with Gasteiger partial charge in [-0.25, -0.2) is 0 Å². The maximum Gasteiger partial charge on any atom is 0.161 e. The van der Waals surface area contributed by atoms with Crippen molar-refractivity contribution in [3.8, 4) is 6.07 Å². The van der Waals surface area contributed by atoms with Gasteiger partial charge in [0.15, 0.2) is 5.78 Å². The second-order valence-corrected chi connectivity index (χ2v) is 8.12. The Balaban J connectivity index is 2.12. The third-order valence-electron chi connectivity index (χ3n) is 5.21. The van der Waals surface area contributed by atoms with Crippen molar-refractivity contribution in [1.29, 1.82) is 5.26 Å². The summed E-state index contributed by atoms with van der Waals surface area (Å²) < 4.78 is 0. The largest absolute Gasteiger partial charge is 0.378 e. The number of carbonyl (C=O) groups is 1. The number of aliphatic imine (C=N–C) groups is 1. The summed E-state index contributed by atoms with van der Waals surface area (Å²) in [5.74, 6) is -0.448. The summed E-state index contributed by atoms with van der Waals surface area (Å²) in [4.78, 5) is 19.6. The highest BCUT2D eigenvalue weighted by Gasteiger charge is 2.43. The van der Waals surface area contributed by atoms with Crippen molar-refractivity contribution >= 4 is 17.2 Å². The first-order chi connectivity index (χ1) is 11.7. The molecule has 4 nitrogen and oxygen atoms in total. The van der Waals surface area contributed by atoms with Crippen LogP contribution >= 0.6 is 0 Å². The molecule has 2 aliphatic rings. The van der Waals surface area contributed by atoms with Crippen LogP contribution in [0.15, 0.2) is 40.5 Å². The summed E-state index contributed by atoms with van der Waals surface area (Å²) in [6.45, 7) is 6.12. The molecular formula is C21H25N3O. The van der Waals surface area contributed by atoms with Gasteiger partial charge in [0, 0.05) is 49.1 Å². The van der Waals surface area contributed by atoms with E-state index in [1.807, 2.05) is 50.2 Å². The molecule has 4 heteroatoms. The molecule has 0 N–H and O–H groups in total. The number of nitriles is 1. The number of hydrogen-bond donors (Lipinski definition) is 0. The van der Waals surface area contributed by atoms with E-state index in [0.29, 0.717) is 6.42 Å². The van der Waals surface area contributed by atoms with E-state index in [-0.39, 0.29) is 23.0 Å². The molecule has 1 aliphatic heterocycles. The van der Waals surface area contributed by atoms with E-state index in [4.69, 9.17) is 0 Å². The van der Waals surface area contributed by atoms with E-state index >= 15 is 0 Å². The van der Waals surface area contributed by atoms with Gasteiger partial charge in [0.1, 0.15) is 0 Å². The second-order valence-electron chi connectivity index (χ2n) is 8.12. The molecule has 1 aromatic carbocycles. The molecule has 0 amide bonds. The van der Waals surface area contributed by atoms with Crippen LogP contribution < -0.4 is 4.90 Å². The Labute approximate surface area is 149 Å². The maximum atomic E-state index is 12.9. The van der Waals surface area contributed by atoms with Crippen molar-refractivity contribution in [3.63, 3.8) is 0 Å². The third kappa shape index (κ3) is 3.11. The monoisotopic (exact) mass is 335 g/mol. The smallest absolute Gasteiger partial charge is 0.161 e. The first kappa shape index (κ1) is 17.4. The van der Waals surface area contributed by atoms with Crippen molar-refractivity contribution in [3.05, 3.63) is 41.1 Å². The number of anilines is 1. The molecule has 0 radical (unpaired) electrons. The van der Waals surface area contributed by atoms with Gasteiger partial charge in [0.25, 0.3) is 0 Å². The van der Waals surface area contributed by atoms with Crippen LogP contribution in [0.25, 0.3) is 0 Å². The van der Waals surface area contributed by atoms with E-state index in [2.05, 4.69) is 24.9 Å². The van der Waals surface area contributed by atoms with Gasteiger partial charge in [-0.1, -0.05) is 26.0 Å². The minimum Gasteiger partial charge on any atom is -0.378 e. The Kier molecular flexibility index (Phi) is 4.28. The van der Waals surface area contributed by atoms with Gasteiger partial charge < -0.3 is 4.90 Å². The van der Waals surface area contributed by atoms with Crippen LogP contribution in [0.2, 0.25) is 0 Å². The van der Waals surface area contributed by atoms with E-state index < -0.39 is 0 Å². The molecule has 1 aromatic rings. The van der Waals surface area contributed by atoms with Crippen molar-refractivity contribution in [1.82, 2.24) is 0 Å². The summed E-state index contributed by atoms with van der Waals surface area (Å²) in [5, 5.41) is 9.74. The molecule has 0 saturated carbocycles. The minimum absolute atomic E-state index is 0.0709. The van der Waals surface area contributed by atoms with E-state index in [0.717, 1.165) is 34.7 Å². The summed E-state index contributed by atoms with van der Waals surface area (Å²) in [7, 11) is 4.00. The zero-order chi connectivity index (χ0) is 18.4. The zero-order valence-electron chi connectivity index (χ0n) is 15.6. The number of allylic oxidation sites excluding steroid dienone is 2. The molecule has 25 heavy (non-hydrogen) atoms. The average Bonchev–Trinajstić information content (AvgIpc) is 2.52. The molecule has 1 unspecified atom stereocenters. The van der Waals surface area contributed by atoms with Crippen LogP contribution in [-0.2, 0) is 4.79 Å². The van der Waals surface area contributed by atoms with Crippen LogP contribution in [0.1, 0.15) is 45.1 Å². The summed E-state index contributed by atoms with van der Waals surface area (Å²) in [6.07, 6.45) is 1.31. The number of carbonyl (C=O) groups excluding carboxylic acids is 1. The summed E-state index contributed by atoms with van der Waals surface area (Å²) in [6, 6.07) is 10.6. The fraction of sp³-hybridized carbons (Fsp3) is 0.476. The minimum atomic E-state index is -0.380. The number of hydrogen-bond acceptors (Lipinski definition) is 4. The lowest BCUT2D eigenvalue weighted by Gasteiger charge is -2.38. The van der Waals surface area contributed by atoms with Crippen LogP contribution in [0.3, 0.4) is 0 Å². The maximum absolute atomic E-state index is 12.9. The lowest BCUT2D eigenvalue weighted by molar-refractivity contribution is -0.118. The highest BCUT2D eigenvalue weighted by atomic mass is 16.1. The van der Waals surface area contributed by atoms with E-state index in [9.17, 15) is 10.1 Å².